The average molecular weight is 505 g/mol. The van der Waals surface area contributed by atoms with Crippen molar-refractivity contribution in [2.75, 3.05) is 5.43 Å². The molecule has 150 valence electrons. The van der Waals surface area contributed by atoms with Gasteiger partial charge in [0.15, 0.2) is 3.95 Å². The van der Waals surface area contributed by atoms with Gasteiger partial charge in [0.2, 0.25) is 5.88 Å². The summed E-state index contributed by atoms with van der Waals surface area (Å²) in [5.74, 6) is -1.65. The summed E-state index contributed by atoms with van der Waals surface area (Å²) in [6.45, 7) is 0. The van der Waals surface area contributed by atoms with Crippen LogP contribution in [-0.2, 0) is 4.79 Å². The minimum atomic E-state index is -0.663. The van der Waals surface area contributed by atoms with E-state index in [2.05, 4.69) is 26.3 Å². The van der Waals surface area contributed by atoms with Crippen LogP contribution in [0.4, 0.5) is 5.69 Å². The van der Waals surface area contributed by atoms with E-state index in [1.807, 2.05) is 0 Å². The first-order chi connectivity index (χ1) is 14.3. The van der Waals surface area contributed by atoms with Gasteiger partial charge in [-0.1, -0.05) is 27.3 Å². The number of hydrogen-bond donors (Lipinski definition) is 2. The summed E-state index contributed by atoms with van der Waals surface area (Å²) in [6, 6.07) is 10.3. The molecule has 1 aliphatic rings. The largest absolute Gasteiger partial charge is 0.492 e. The SMILES string of the molecule is O=C1N=c2ccc([N+](=O)[O-])cc2=C1c1sc(=S)n(NC(=O)c2ccc(Br)cc2)c1O. The highest BCUT2D eigenvalue weighted by atomic mass is 79.9. The summed E-state index contributed by atoms with van der Waals surface area (Å²) in [5, 5.41) is 22.2. The summed E-state index contributed by atoms with van der Waals surface area (Å²) in [6.07, 6.45) is 0. The second-order valence-electron chi connectivity index (χ2n) is 6.05. The highest BCUT2D eigenvalue weighted by Crippen LogP contribution is 2.32. The molecule has 30 heavy (non-hydrogen) atoms. The minimum Gasteiger partial charge on any atom is -0.492 e. The number of nitrogens with one attached hydrogen (secondary N) is 1. The maximum Gasteiger partial charge on any atom is 0.279 e. The Bertz CT molecular complexity index is 1430. The number of nitro benzene ring substituents is 1. The molecule has 3 aromatic rings. The first kappa shape index (κ1) is 20.1. The van der Waals surface area contributed by atoms with Crippen molar-refractivity contribution in [3.8, 4) is 5.88 Å². The molecular formula is C18H9BrN4O5S2. The van der Waals surface area contributed by atoms with Crippen molar-refractivity contribution in [3.05, 3.63) is 82.0 Å². The number of hydrogen-bond acceptors (Lipinski definition) is 7. The molecule has 0 unspecified atom stereocenters. The molecule has 0 radical (unpaired) electrons. The van der Waals surface area contributed by atoms with Gasteiger partial charge in [0, 0.05) is 27.4 Å². The van der Waals surface area contributed by atoms with Crippen LogP contribution in [0, 0.1) is 14.1 Å². The Labute approximate surface area is 184 Å². The Kier molecular flexibility index (Phi) is 5.05. The molecule has 12 heteroatoms. The highest BCUT2D eigenvalue weighted by molar-refractivity contribution is 9.10. The molecule has 0 aliphatic carbocycles. The molecule has 0 atom stereocenters. The Morgan fingerprint density at radius 3 is 2.63 bits per heavy atom. The zero-order valence-corrected chi connectivity index (χ0v) is 17.9. The zero-order valence-electron chi connectivity index (χ0n) is 14.7. The average Bonchev–Trinajstić information content (AvgIpc) is 3.17. The zero-order chi connectivity index (χ0) is 21.6. The standard InChI is InChI=1S/C18H9BrN4O5S2/c19-9-3-1-8(2-4-9)15(24)21-22-17(26)14(30-18(22)29)13-11-7-10(23(27)28)5-6-12(11)20-16(13)25/h1-7,26H,(H,21,24). The van der Waals surface area contributed by atoms with Gasteiger partial charge in [0.25, 0.3) is 17.5 Å². The number of nitro groups is 1. The van der Waals surface area contributed by atoms with Gasteiger partial charge >= 0.3 is 0 Å². The number of carbonyl (C=O) groups is 2. The van der Waals surface area contributed by atoms with Crippen molar-refractivity contribution in [1.29, 1.82) is 0 Å². The number of amides is 2. The van der Waals surface area contributed by atoms with Gasteiger partial charge in [-0.2, -0.15) is 4.68 Å². The van der Waals surface area contributed by atoms with Gasteiger partial charge in [-0.05, 0) is 42.5 Å². The third kappa shape index (κ3) is 3.44. The topological polar surface area (TPSA) is 127 Å². The van der Waals surface area contributed by atoms with Crippen molar-refractivity contribution in [2.45, 2.75) is 0 Å². The van der Waals surface area contributed by atoms with Crippen LogP contribution in [0.5, 0.6) is 5.88 Å². The lowest BCUT2D eigenvalue weighted by atomic mass is 10.1. The Balaban J connectivity index is 1.81. The highest BCUT2D eigenvalue weighted by Gasteiger charge is 2.27. The summed E-state index contributed by atoms with van der Waals surface area (Å²) < 4.78 is 1.85. The van der Waals surface area contributed by atoms with Crippen molar-refractivity contribution >= 4 is 62.6 Å². The molecule has 2 aromatic carbocycles. The van der Waals surface area contributed by atoms with Gasteiger partial charge in [0.1, 0.15) is 4.88 Å². The van der Waals surface area contributed by atoms with Crippen LogP contribution in [0.15, 0.2) is 51.9 Å². The Morgan fingerprint density at radius 1 is 1.27 bits per heavy atom. The molecule has 4 rings (SSSR count). The van der Waals surface area contributed by atoms with E-state index in [0.717, 1.165) is 20.5 Å². The van der Waals surface area contributed by atoms with Gasteiger partial charge in [0.05, 0.1) is 15.9 Å². The number of aromatic nitrogens is 1. The predicted molar refractivity (Wildman–Crippen MR) is 114 cm³/mol. The smallest absolute Gasteiger partial charge is 0.279 e. The molecule has 0 fully saturated rings. The third-order valence-electron chi connectivity index (χ3n) is 4.23. The Morgan fingerprint density at radius 2 is 1.97 bits per heavy atom. The number of rotatable bonds is 4. The van der Waals surface area contributed by atoms with Gasteiger partial charge < -0.3 is 5.11 Å². The molecule has 1 aliphatic heterocycles. The van der Waals surface area contributed by atoms with Crippen LogP contribution in [0.3, 0.4) is 0 Å². The van der Waals surface area contributed by atoms with Gasteiger partial charge in [-0.25, -0.2) is 4.99 Å². The monoisotopic (exact) mass is 504 g/mol. The number of halogens is 1. The molecule has 1 aromatic heterocycles. The summed E-state index contributed by atoms with van der Waals surface area (Å²) in [7, 11) is 0. The summed E-state index contributed by atoms with van der Waals surface area (Å²) in [5.41, 5.74) is 2.57. The molecule has 9 nitrogen and oxygen atoms in total. The van der Waals surface area contributed by atoms with Crippen LogP contribution < -0.4 is 16.0 Å². The fourth-order valence-corrected chi connectivity index (χ4v) is 4.36. The van der Waals surface area contributed by atoms with E-state index in [-0.39, 0.29) is 30.7 Å². The molecule has 0 saturated carbocycles. The van der Waals surface area contributed by atoms with Crippen LogP contribution in [0.2, 0.25) is 0 Å². The number of benzene rings is 2. The maximum atomic E-state index is 12.5. The first-order valence-corrected chi connectivity index (χ1v) is 10.2. The van der Waals surface area contributed by atoms with Crippen LogP contribution in [0.1, 0.15) is 15.2 Å². The number of thiazole rings is 1. The van der Waals surface area contributed by atoms with E-state index in [4.69, 9.17) is 12.2 Å². The third-order valence-corrected chi connectivity index (χ3v) is 6.14. The quantitative estimate of drug-likeness (QED) is 0.319. The lowest BCUT2D eigenvalue weighted by Gasteiger charge is -2.08. The van der Waals surface area contributed by atoms with Crippen molar-refractivity contribution < 1.29 is 19.6 Å². The molecule has 2 N–H and O–H groups in total. The van der Waals surface area contributed by atoms with E-state index in [0.29, 0.717) is 5.56 Å². The number of carbonyl (C=O) groups excluding carboxylic acids is 2. The van der Waals surface area contributed by atoms with E-state index in [1.54, 1.807) is 24.3 Å². The van der Waals surface area contributed by atoms with Crippen molar-refractivity contribution in [3.63, 3.8) is 0 Å². The molecular weight excluding hydrogens is 496 g/mol. The summed E-state index contributed by atoms with van der Waals surface area (Å²) in [4.78, 5) is 39.4. The van der Waals surface area contributed by atoms with Crippen molar-refractivity contribution in [2.24, 2.45) is 4.99 Å². The normalized spacial score (nSPS) is 12.4. The number of fused-ring (bicyclic) bond motifs is 1. The number of aromatic hydroxyl groups is 1. The fraction of sp³-hybridized carbons (Fsp3) is 0. The maximum absolute atomic E-state index is 12.5. The van der Waals surface area contributed by atoms with Gasteiger partial charge in [-0.3, -0.25) is 25.1 Å². The molecule has 2 heterocycles. The molecule has 0 bridgehead atoms. The Hall–Kier alpha value is -3.22. The van der Waals surface area contributed by atoms with Gasteiger partial charge in [-0.15, -0.1) is 0 Å². The van der Waals surface area contributed by atoms with Crippen LogP contribution in [0.25, 0.3) is 5.57 Å². The summed E-state index contributed by atoms with van der Waals surface area (Å²) >= 11 is 9.38. The number of non-ortho nitro benzene ring substituents is 1. The predicted octanol–water partition coefficient (Wildman–Crippen LogP) is 2.40. The molecule has 0 spiro atoms. The van der Waals surface area contributed by atoms with Crippen LogP contribution in [-0.4, -0.2) is 26.5 Å². The second-order valence-corrected chi connectivity index (χ2v) is 8.61. The lowest BCUT2D eigenvalue weighted by Crippen LogP contribution is -2.24. The molecule has 0 saturated heterocycles. The fourth-order valence-electron chi connectivity index (χ4n) is 2.83. The number of nitrogens with zero attached hydrogens (tertiary/aromatic N) is 3. The minimum absolute atomic E-state index is 0.0149. The van der Waals surface area contributed by atoms with Crippen LogP contribution >= 0.6 is 39.5 Å². The second kappa shape index (κ2) is 7.55. The van der Waals surface area contributed by atoms with E-state index in [1.165, 1.54) is 18.2 Å². The van der Waals surface area contributed by atoms with Crippen molar-refractivity contribution in [1.82, 2.24) is 4.68 Å². The first-order valence-electron chi connectivity index (χ1n) is 8.20. The van der Waals surface area contributed by atoms with E-state index in [9.17, 15) is 24.8 Å². The lowest BCUT2D eigenvalue weighted by molar-refractivity contribution is -0.385. The van der Waals surface area contributed by atoms with E-state index >= 15 is 0 Å². The van der Waals surface area contributed by atoms with E-state index < -0.39 is 22.6 Å². The molecule has 2 amide bonds.